The Kier molecular flexibility index (Phi) is 9.46. The first-order chi connectivity index (χ1) is 10.3. The zero-order valence-corrected chi connectivity index (χ0v) is 12.7. The molecule has 0 rings (SSSR count). The number of nitrogens with two attached hydrogens (primary N) is 2. The van der Waals surface area contributed by atoms with Gasteiger partial charge in [0, 0.05) is 13.1 Å². The van der Waals surface area contributed by atoms with E-state index in [0.717, 1.165) is 12.8 Å². The zero-order chi connectivity index (χ0) is 17.1. The fourth-order valence-electron chi connectivity index (χ4n) is 1.20. The Morgan fingerprint density at radius 3 is 1.36 bits per heavy atom. The lowest BCUT2D eigenvalue weighted by molar-refractivity contribution is -0.161. The first-order valence-corrected chi connectivity index (χ1v) is 6.89. The molecule has 0 radical (unpaired) electrons. The number of carbonyl (C=O) groups excluding carboxylic acids is 4. The van der Waals surface area contributed by atoms with E-state index in [1.807, 2.05) is 13.8 Å². The molecule has 2 amide bonds. The van der Waals surface area contributed by atoms with Crippen molar-refractivity contribution < 1.29 is 28.7 Å². The van der Waals surface area contributed by atoms with Gasteiger partial charge in [-0.25, -0.2) is 40.9 Å². The Labute approximate surface area is 128 Å². The molecule has 0 aliphatic rings. The van der Waals surface area contributed by atoms with Crippen molar-refractivity contribution in [2.24, 2.45) is 11.7 Å². The number of carbonyl (C=O) groups is 4. The summed E-state index contributed by atoms with van der Waals surface area (Å²) >= 11 is 0. The van der Waals surface area contributed by atoms with Crippen LogP contribution in [-0.2, 0) is 19.1 Å². The number of nitrogens with zero attached hydrogens (tertiary/aromatic N) is 2. The van der Waals surface area contributed by atoms with Crippen LogP contribution >= 0.6 is 0 Å². The number of rotatable bonds is 6. The zero-order valence-electron chi connectivity index (χ0n) is 12.7. The molecule has 4 N–H and O–H groups in total. The van der Waals surface area contributed by atoms with Crippen LogP contribution in [0.15, 0.2) is 0 Å². The van der Waals surface area contributed by atoms with Gasteiger partial charge in [0.1, 0.15) is 0 Å². The average molecular weight is 318 g/mol. The standard InChI is InChI=1S/C12H22N4O6/c1-3-5-7-15(13)11(19)21-9(17)10(18)22-12(20)16(14)8-6-4-2/h3-8,13-14H2,1-2H3. The fraction of sp³-hybridized carbons (Fsp3) is 0.667. The maximum absolute atomic E-state index is 11.4. The SMILES string of the molecule is CCCCN(N)C(=O)OC(=O)C(=O)OC(=O)N(N)CCCC. The minimum atomic E-state index is -1.64. The van der Waals surface area contributed by atoms with Crippen molar-refractivity contribution in [2.75, 3.05) is 13.1 Å². The molecule has 0 aliphatic carbocycles. The highest BCUT2D eigenvalue weighted by atomic mass is 16.7. The normalized spacial score (nSPS) is 9.82. The van der Waals surface area contributed by atoms with Gasteiger partial charge in [0.15, 0.2) is 0 Å². The molecule has 0 aliphatic heterocycles. The topological polar surface area (TPSA) is 145 Å². The highest BCUT2D eigenvalue weighted by Crippen LogP contribution is 1.97. The molecule has 0 aromatic carbocycles. The van der Waals surface area contributed by atoms with Crippen LogP contribution in [0.4, 0.5) is 9.59 Å². The lowest BCUT2D eigenvalue weighted by Gasteiger charge is -2.15. The number of hydrogen-bond acceptors (Lipinski definition) is 8. The van der Waals surface area contributed by atoms with Gasteiger partial charge in [-0.15, -0.1) is 0 Å². The van der Waals surface area contributed by atoms with E-state index in [2.05, 4.69) is 9.47 Å². The van der Waals surface area contributed by atoms with Crippen molar-refractivity contribution in [2.45, 2.75) is 39.5 Å². The van der Waals surface area contributed by atoms with Gasteiger partial charge in [-0.05, 0) is 12.8 Å². The second-order valence-corrected chi connectivity index (χ2v) is 4.40. The van der Waals surface area contributed by atoms with Crippen molar-refractivity contribution in [1.82, 2.24) is 10.0 Å². The summed E-state index contributed by atoms with van der Waals surface area (Å²) in [5, 5.41) is 1.29. The van der Waals surface area contributed by atoms with Gasteiger partial charge in [-0.1, -0.05) is 26.7 Å². The van der Waals surface area contributed by atoms with E-state index in [1.54, 1.807) is 0 Å². The van der Waals surface area contributed by atoms with E-state index in [9.17, 15) is 19.2 Å². The third-order valence-corrected chi connectivity index (χ3v) is 2.50. The van der Waals surface area contributed by atoms with Crippen LogP contribution in [-0.4, -0.2) is 47.2 Å². The van der Waals surface area contributed by atoms with Gasteiger partial charge < -0.3 is 9.47 Å². The minimum Gasteiger partial charge on any atom is -0.366 e. The second-order valence-electron chi connectivity index (χ2n) is 4.40. The van der Waals surface area contributed by atoms with Gasteiger partial charge >= 0.3 is 24.1 Å². The fourth-order valence-corrected chi connectivity index (χ4v) is 1.20. The van der Waals surface area contributed by atoms with Crippen LogP contribution in [0.5, 0.6) is 0 Å². The molecule has 126 valence electrons. The monoisotopic (exact) mass is 318 g/mol. The summed E-state index contributed by atoms with van der Waals surface area (Å²) in [6.45, 7) is 4.07. The number of ether oxygens (including phenoxy) is 2. The average Bonchev–Trinajstić information content (AvgIpc) is 2.49. The lowest BCUT2D eigenvalue weighted by atomic mass is 10.3. The van der Waals surface area contributed by atoms with Gasteiger partial charge in [-0.2, -0.15) is 0 Å². The number of unbranched alkanes of at least 4 members (excludes halogenated alkanes) is 2. The summed E-state index contributed by atoms with van der Waals surface area (Å²) < 4.78 is 8.34. The third-order valence-electron chi connectivity index (χ3n) is 2.50. The highest BCUT2D eigenvalue weighted by Gasteiger charge is 2.27. The minimum absolute atomic E-state index is 0.157. The van der Waals surface area contributed by atoms with Crippen molar-refractivity contribution in [3.8, 4) is 0 Å². The van der Waals surface area contributed by atoms with E-state index >= 15 is 0 Å². The van der Waals surface area contributed by atoms with E-state index < -0.39 is 24.1 Å². The molecule has 0 saturated carbocycles. The van der Waals surface area contributed by atoms with Crippen molar-refractivity contribution in [3.63, 3.8) is 0 Å². The van der Waals surface area contributed by atoms with Crippen LogP contribution in [0.1, 0.15) is 39.5 Å². The Balaban J connectivity index is 4.29. The molecule has 0 atom stereocenters. The second kappa shape index (κ2) is 10.5. The summed E-state index contributed by atoms with van der Waals surface area (Å²) in [6, 6.07) is 0. The Morgan fingerprint density at radius 1 is 0.773 bits per heavy atom. The largest absolute Gasteiger partial charge is 0.432 e. The highest BCUT2D eigenvalue weighted by molar-refractivity contribution is 6.33. The Morgan fingerprint density at radius 2 is 1.09 bits per heavy atom. The van der Waals surface area contributed by atoms with E-state index in [1.165, 1.54) is 0 Å². The summed E-state index contributed by atoms with van der Waals surface area (Å²) in [5.74, 6) is 7.34. The molecule has 0 saturated heterocycles. The Hall–Kier alpha value is -2.20. The maximum Gasteiger partial charge on any atom is 0.432 e. The molecule has 22 heavy (non-hydrogen) atoms. The molecule has 0 fully saturated rings. The lowest BCUT2D eigenvalue weighted by Crippen LogP contribution is -2.43. The quantitative estimate of drug-likeness (QED) is 0.177. The summed E-state index contributed by atoms with van der Waals surface area (Å²) in [5.41, 5.74) is 0. The molecule has 0 heterocycles. The Bertz CT molecular complexity index is 376. The first kappa shape index (κ1) is 19.8. The molecular weight excluding hydrogens is 296 g/mol. The van der Waals surface area contributed by atoms with Crippen LogP contribution in [0, 0.1) is 0 Å². The predicted molar refractivity (Wildman–Crippen MR) is 74.6 cm³/mol. The number of amides is 2. The molecule has 10 nitrogen and oxygen atoms in total. The summed E-state index contributed by atoms with van der Waals surface area (Å²) in [7, 11) is 0. The van der Waals surface area contributed by atoms with E-state index in [4.69, 9.17) is 11.7 Å². The van der Waals surface area contributed by atoms with Gasteiger partial charge in [-0.3, -0.25) is 0 Å². The van der Waals surface area contributed by atoms with Gasteiger partial charge in [0.05, 0.1) is 0 Å². The van der Waals surface area contributed by atoms with Crippen molar-refractivity contribution in [1.29, 1.82) is 0 Å². The van der Waals surface area contributed by atoms with Crippen LogP contribution < -0.4 is 11.7 Å². The molecular formula is C12H22N4O6. The van der Waals surface area contributed by atoms with E-state index in [-0.39, 0.29) is 13.1 Å². The summed E-state index contributed by atoms with van der Waals surface area (Å²) in [6.07, 6.45) is 0.326. The number of hydrogen-bond donors (Lipinski definition) is 2. The van der Waals surface area contributed by atoms with Crippen LogP contribution in [0.3, 0.4) is 0 Å². The first-order valence-electron chi connectivity index (χ1n) is 6.89. The molecule has 0 aromatic rings. The molecule has 0 spiro atoms. The van der Waals surface area contributed by atoms with Crippen molar-refractivity contribution >= 4 is 24.1 Å². The van der Waals surface area contributed by atoms with Crippen LogP contribution in [0.2, 0.25) is 0 Å². The number of hydrazine groups is 2. The predicted octanol–water partition coefficient (Wildman–Crippen LogP) is 0.264. The van der Waals surface area contributed by atoms with E-state index in [0.29, 0.717) is 22.9 Å². The summed E-state index contributed by atoms with van der Waals surface area (Å²) in [4.78, 5) is 45.3. The molecule has 0 aromatic heterocycles. The van der Waals surface area contributed by atoms with Gasteiger partial charge in [0.2, 0.25) is 0 Å². The van der Waals surface area contributed by atoms with Gasteiger partial charge in [0.25, 0.3) is 0 Å². The number of esters is 2. The maximum atomic E-state index is 11.4. The van der Waals surface area contributed by atoms with Crippen molar-refractivity contribution in [3.05, 3.63) is 0 Å². The smallest absolute Gasteiger partial charge is 0.366 e. The molecule has 0 bridgehead atoms. The molecule has 0 unspecified atom stereocenters. The third kappa shape index (κ3) is 7.55. The molecule has 10 heteroatoms. The van der Waals surface area contributed by atoms with Crippen LogP contribution in [0.25, 0.3) is 0 Å².